The number of nitrogens with one attached hydrogen (secondary N) is 1. The van der Waals surface area contributed by atoms with E-state index in [0.29, 0.717) is 18.8 Å². The standard InChI is InChI=1S/C12H18N2O3/c1-3-8-4-5-11(17-8)12(16)14(2)9-6-13-7-10(9)15/h4-5,9-10,13,15H,3,6-7H2,1-2H3/t9-,10-/m0/s1. The third kappa shape index (κ3) is 2.35. The summed E-state index contributed by atoms with van der Waals surface area (Å²) in [7, 11) is 1.69. The van der Waals surface area contributed by atoms with Gasteiger partial charge in [-0.2, -0.15) is 0 Å². The van der Waals surface area contributed by atoms with E-state index >= 15 is 0 Å². The number of furan rings is 1. The van der Waals surface area contributed by atoms with E-state index in [1.54, 1.807) is 18.0 Å². The molecule has 1 amide bonds. The van der Waals surface area contributed by atoms with Crippen molar-refractivity contribution in [2.24, 2.45) is 0 Å². The second-order valence-corrected chi connectivity index (χ2v) is 4.33. The lowest BCUT2D eigenvalue weighted by Gasteiger charge is -2.25. The van der Waals surface area contributed by atoms with E-state index in [1.165, 1.54) is 0 Å². The molecule has 5 nitrogen and oxygen atoms in total. The van der Waals surface area contributed by atoms with E-state index < -0.39 is 6.10 Å². The summed E-state index contributed by atoms with van der Waals surface area (Å²) in [6.45, 7) is 3.12. The molecule has 5 heteroatoms. The number of hydrogen-bond donors (Lipinski definition) is 2. The number of nitrogens with zero attached hydrogens (tertiary/aromatic N) is 1. The maximum Gasteiger partial charge on any atom is 0.289 e. The van der Waals surface area contributed by atoms with E-state index in [1.807, 2.05) is 13.0 Å². The van der Waals surface area contributed by atoms with Crippen molar-refractivity contribution in [2.75, 3.05) is 20.1 Å². The van der Waals surface area contributed by atoms with Crippen molar-refractivity contribution in [3.63, 3.8) is 0 Å². The highest BCUT2D eigenvalue weighted by atomic mass is 16.4. The van der Waals surface area contributed by atoms with Gasteiger partial charge in [0, 0.05) is 26.6 Å². The Hall–Kier alpha value is -1.33. The van der Waals surface area contributed by atoms with Gasteiger partial charge in [-0.05, 0) is 12.1 Å². The van der Waals surface area contributed by atoms with Crippen LogP contribution >= 0.6 is 0 Å². The normalized spacial score (nSPS) is 23.9. The molecule has 0 bridgehead atoms. The topological polar surface area (TPSA) is 65.7 Å². The fraction of sp³-hybridized carbons (Fsp3) is 0.583. The molecule has 1 aliphatic heterocycles. The second kappa shape index (κ2) is 4.89. The van der Waals surface area contributed by atoms with Crippen molar-refractivity contribution in [3.8, 4) is 0 Å². The molecule has 1 fully saturated rings. The lowest BCUT2D eigenvalue weighted by atomic mass is 10.2. The lowest BCUT2D eigenvalue weighted by molar-refractivity contribution is 0.0551. The van der Waals surface area contributed by atoms with Crippen molar-refractivity contribution >= 4 is 5.91 Å². The van der Waals surface area contributed by atoms with Gasteiger partial charge in [0.1, 0.15) is 5.76 Å². The highest BCUT2D eigenvalue weighted by Gasteiger charge is 2.32. The van der Waals surface area contributed by atoms with Crippen LogP contribution in [0.2, 0.25) is 0 Å². The summed E-state index contributed by atoms with van der Waals surface area (Å²) in [4.78, 5) is 13.6. The first-order valence-corrected chi connectivity index (χ1v) is 5.88. The minimum atomic E-state index is -0.510. The number of β-amino-alcohol motifs (C(OH)–C–C–N with tert-alkyl or cyclic N) is 1. The van der Waals surface area contributed by atoms with Crippen molar-refractivity contribution in [1.29, 1.82) is 0 Å². The molecular formula is C12H18N2O3. The molecule has 0 unspecified atom stereocenters. The Bertz CT molecular complexity index is 402. The predicted molar refractivity (Wildman–Crippen MR) is 62.8 cm³/mol. The fourth-order valence-electron chi connectivity index (χ4n) is 2.05. The minimum Gasteiger partial charge on any atom is -0.456 e. The van der Waals surface area contributed by atoms with Gasteiger partial charge in [0.25, 0.3) is 5.91 Å². The van der Waals surface area contributed by atoms with Gasteiger partial charge in [-0.25, -0.2) is 0 Å². The van der Waals surface area contributed by atoms with Gasteiger partial charge in [-0.15, -0.1) is 0 Å². The number of amides is 1. The molecule has 94 valence electrons. The zero-order valence-corrected chi connectivity index (χ0v) is 10.1. The summed E-state index contributed by atoms with van der Waals surface area (Å²) in [5.41, 5.74) is 0. The van der Waals surface area contributed by atoms with Crippen LogP contribution in [0.4, 0.5) is 0 Å². The summed E-state index contributed by atoms with van der Waals surface area (Å²) >= 11 is 0. The first-order chi connectivity index (χ1) is 8.13. The molecule has 1 saturated heterocycles. The molecule has 0 spiro atoms. The zero-order chi connectivity index (χ0) is 12.4. The number of aliphatic hydroxyl groups is 1. The average Bonchev–Trinajstić information content (AvgIpc) is 2.95. The first kappa shape index (κ1) is 12.1. The van der Waals surface area contributed by atoms with Gasteiger partial charge >= 0.3 is 0 Å². The third-order valence-electron chi connectivity index (χ3n) is 3.19. The Balaban J connectivity index is 2.08. The number of likely N-dealkylation sites (N-methyl/N-ethyl adjacent to an activating group) is 1. The monoisotopic (exact) mass is 238 g/mol. The van der Waals surface area contributed by atoms with Crippen molar-refractivity contribution in [1.82, 2.24) is 10.2 Å². The first-order valence-electron chi connectivity index (χ1n) is 5.88. The van der Waals surface area contributed by atoms with Gasteiger partial charge in [-0.1, -0.05) is 6.92 Å². The van der Waals surface area contributed by atoms with Gasteiger partial charge < -0.3 is 19.7 Å². The molecule has 2 atom stereocenters. The van der Waals surface area contributed by atoms with E-state index in [0.717, 1.165) is 12.2 Å². The van der Waals surface area contributed by atoms with Crippen LogP contribution < -0.4 is 5.32 Å². The highest BCUT2D eigenvalue weighted by Crippen LogP contribution is 2.14. The van der Waals surface area contributed by atoms with E-state index in [2.05, 4.69) is 5.32 Å². The van der Waals surface area contributed by atoms with Crippen LogP contribution in [0.25, 0.3) is 0 Å². The SMILES string of the molecule is CCc1ccc(C(=O)N(C)[C@H]2CNC[C@@H]2O)o1. The van der Waals surface area contributed by atoms with Crippen LogP contribution in [-0.2, 0) is 6.42 Å². The van der Waals surface area contributed by atoms with Gasteiger partial charge in [0.2, 0.25) is 0 Å². The molecular weight excluding hydrogens is 220 g/mol. The summed E-state index contributed by atoms with van der Waals surface area (Å²) in [6, 6.07) is 3.31. The number of aryl methyl sites for hydroxylation is 1. The maximum absolute atomic E-state index is 12.1. The zero-order valence-electron chi connectivity index (χ0n) is 10.1. The highest BCUT2D eigenvalue weighted by molar-refractivity contribution is 5.91. The quantitative estimate of drug-likeness (QED) is 0.792. The molecule has 2 heterocycles. The molecule has 1 aromatic heterocycles. The Labute approximate surface area is 100 Å². The van der Waals surface area contributed by atoms with Crippen molar-refractivity contribution in [3.05, 3.63) is 23.7 Å². The lowest BCUT2D eigenvalue weighted by Crippen LogP contribution is -2.44. The Morgan fingerprint density at radius 1 is 1.59 bits per heavy atom. The molecule has 1 aliphatic rings. The predicted octanol–water partition coefficient (Wildman–Crippen LogP) is 0.247. The summed E-state index contributed by atoms with van der Waals surface area (Å²) in [5.74, 6) is 0.952. The molecule has 2 rings (SSSR count). The Morgan fingerprint density at radius 2 is 2.35 bits per heavy atom. The second-order valence-electron chi connectivity index (χ2n) is 4.33. The third-order valence-corrected chi connectivity index (χ3v) is 3.19. The van der Waals surface area contributed by atoms with Crippen LogP contribution in [-0.4, -0.2) is 48.2 Å². The van der Waals surface area contributed by atoms with Crippen molar-refractivity contribution < 1.29 is 14.3 Å². The summed E-state index contributed by atoms with van der Waals surface area (Å²) < 4.78 is 5.42. The number of hydrogen-bond acceptors (Lipinski definition) is 4. The number of carbonyl (C=O) groups is 1. The van der Waals surface area contributed by atoms with Crippen LogP contribution in [0.5, 0.6) is 0 Å². The largest absolute Gasteiger partial charge is 0.456 e. The van der Waals surface area contributed by atoms with Crippen LogP contribution in [0.1, 0.15) is 23.2 Å². The average molecular weight is 238 g/mol. The van der Waals surface area contributed by atoms with Crippen LogP contribution in [0.15, 0.2) is 16.5 Å². The van der Waals surface area contributed by atoms with E-state index in [4.69, 9.17) is 4.42 Å². The molecule has 0 aromatic carbocycles. The fourth-order valence-corrected chi connectivity index (χ4v) is 2.05. The Kier molecular flexibility index (Phi) is 3.49. The number of aliphatic hydroxyl groups excluding tert-OH is 1. The molecule has 0 aliphatic carbocycles. The van der Waals surface area contributed by atoms with E-state index in [9.17, 15) is 9.90 Å². The Morgan fingerprint density at radius 3 is 2.88 bits per heavy atom. The smallest absolute Gasteiger partial charge is 0.289 e. The summed E-state index contributed by atoms with van der Waals surface area (Å²) in [6.07, 6.45) is 0.259. The molecule has 0 radical (unpaired) electrons. The van der Waals surface area contributed by atoms with Crippen LogP contribution in [0.3, 0.4) is 0 Å². The maximum atomic E-state index is 12.1. The van der Waals surface area contributed by atoms with Crippen molar-refractivity contribution in [2.45, 2.75) is 25.5 Å². The van der Waals surface area contributed by atoms with Gasteiger partial charge in [0.15, 0.2) is 5.76 Å². The summed E-state index contributed by atoms with van der Waals surface area (Å²) in [5, 5.41) is 12.8. The van der Waals surface area contributed by atoms with Gasteiger partial charge in [0.05, 0.1) is 12.1 Å². The molecule has 1 aromatic rings. The van der Waals surface area contributed by atoms with E-state index in [-0.39, 0.29) is 11.9 Å². The number of carbonyl (C=O) groups excluding carboxylic acids is 1. The van der Waals surface area contributed by atoms with Crippen LogP contribution in [0, 0.1) is 0 Å². The molecule has 2 N–H and O–H groups in total. The molecule has 0 saturated carbocycles. The minimum absolute atomic E-state index is 0.183. The number of rotatable bonds is 3. The van der Waals surface area contributed by atoms with Gasteiger partial charge in [-0.3, -0.25) is 4.79 Å². The molecule has 17 heavy (non-hydrogen) atoms.